The van der Waals surface area contributed by atoms with Crippen molar-refractivity contribution >= 4 is 23.4 Å². The van der Waals surface area contributed by atoms with Gasteiger partial charge in [0.1, 0.15) is 11.9 Å². The second kappa shape index (κ2) is 9.28. The monoisotopic (exact) mass is 437 g/mol. The Bertz CT molecular complexity index is 936. The Balaban J connectivity index is 1.17. The maximum absolute atomic E-state index is 11.0. The number of nitrogens with one attached hydrogen (secondary N) is 2. The van der Waals surface area contributed by atoms with E-state index >= 15 is 0 Å². The van der Waals surface area contributed by atoms with E-state index in [9.17, 15) is 4.79 Å². The van der Waals surface area contributed by atoms with Crippen LogP contribution in [0.2, 0.25) is 0 Å². The molecule has 0 unspecified atom stereocenters. The molecule has 9 heteroatoms. The molecule has 1 saturated heterocycles. The molecule has 3 aliphatic rings. The number of likely N-dealkylation sites (tertiary alicyclic amines) is 1. The summed E-state index contributed by atoms with van der Waals surface area (Å²) in [7, 11) is 0. The number of pyridine rings is 1. The van der Waals surface area contributed by atoms with Crippen LogP contribution in [0.1, 0.15) is 56.4 Å². The van der Waals surface area contributed by atoms with E-state index in [1.807, 2.05) is 18.3 Å². The van der Waals surface area contributed by atoms with Crippen molar-refractivity contribution in [3.05, 3.63) is 30.1 Å². The van der Waals surface area contributed by atoms with Crippen molar-refractivity contribution in [2.75, 3.05) is 30.3 Å². The molecule has 2 saturated carbocycles. The van der Waals surface area contributed by atoms with E-state index in [-0.39, 0.29) is 18.4 Å². The lowest BCUT2D eigenvalue weighted by molar-refractivity contribution is -0.117. The first-order valence-corrected chi connectivity index (χ1v) is 11.7. The molecule has 3 heterocycles. The van der Waals surface area contributed by atoms with Crippen molar-refractivity contribution in [2.24, 2.45) is 5.73 Å². The average molecular weight is 438 g/mol. The molecule has 1 aliphatic heterocycles. The highest BCUT2D eigenvalue weighted by molar-refractivity contribution is 5.74. The Hall–Kier alpha value is -2.94. The molecule has 2 aromatic rings. The Morgan fingerprint density at radius 1 is 1.09 bits per heavy atom. The SMILES string of the molecule is NC(=O)CCNc1nc(Nc2ccc(OC3CCN(C4CC4)CC3)nc2)ncc1C1CC1. The van der Waals surface area contributed by atoms with Gasteiger partial charge in [-0.3, -0.25) is 4.79 Å². The molecule has 2 aromatic heterocycles. The zero-order valence-corrected chi connectivity index (χ0v) is 18.3. The van der Waals surface area contributed by atoms with E-state index in [2.05, 4.69) is 30.5 Å². The molecule has 5 rings (SSSR count). The largest absolute Gasteiger partial charge is 0.474 e. The third-order valence-electron chi connectivity index (χ3n) is 6.32. The summed E-state index contributed by atoms with van der Waals surface area (Å²) in [6.45, 7) is 2.70. The first-order valence-electron chi connectivity index (χ1n) is 11.7. The van der Waals surface area contributed by atoms with Gasteiger partial charge in [0.2, 0.25) is 17.7 Å². The van der Waals surface area contributed by atoms with Gasteiger partial charge < -0.3 is 26.0 Å². The lowest BCUT2D eigenvalue weighted by Gasteiger charge is -2.31. The van der Waals surface area contributed by atoms with Crippen molar-refractivity contribution in [3.8, 4) is 5.88 Å². The zero-order chi connectivity index (χ0) is 21.9. The third-order valence-corrected chi connectivity index (χ3v) is 6.32. The van der Waals surface area contributed by atoms with Gasteiger partial charge in [0.15, 0.2) is 0 Å². The summed E-state index contributed by atoms with van der Waals surface area (Å²) in [5.41, 5.74) is 7.13. The fourth-order valence-electron chi connectivity index (χ4n) is 4.21. The second-order valence-electron chi connectivity index (χ2n) is 9.01. The first-order chi connectivity index (χ1) is 15.6. The van der Waals surface area contributed by atoms with E-state index in [0.29, 0.717) is 24.3 Å². The van der Waals surface area contributed by atoms with Gasteiger partial charge in [0, 0.05) is 49.9 Å². The van der Waals surface area contributed by atoms with Gasteiger partial charge >= 0.3 is 0 Å². The van der Waals surface area contributed by atoms with Crippen molar-refractivity contribution in [1.29, 1.82) is 0 Å². The van der Waals surface area contributed by atoms with Gasteiger partial charge in [0.05, 0.1) is 11.9 Å². The van der Waals surface area contributed by atoms with Gasteiger partial charge in [-0.05, 0) is 50.5 Å². The van der Waals surface area contributed by atoms with Crippen LogP contribution in [-0.2, 0) is 4.79 Å². The number of nitrogens with zero attached hydrogens (tertiary/aromatic N) is 4. The van der Waals surface area contributed by atoms with Crippen LogP contribution in [0.15, 0.2) is 24.5 Å². The minimum Gasteiger partial charge on any atom is -0.474 e. The molecule has 32 heavy (non-hydrogen) atoms. The fourth-order valence-corrected chi connectivity index (χ4v) is 4.21. The van der Waals surface area contributed by atoms with Crippen molar-refractivity contribution in [1.82, 2.24) is 19.9 Å². The lowest BCUT2D eigenvalue weighted by Crippen LogP contribution is -2.39. The number of ether oxygens (including phenoxy) is 1. The predicted molar refractivity (Wildman–Crippen MR) is 122 cm³/mol. The minimum absolute atomic E-state index is 0.239. The molecule has 170 valence electrons. The lowest BCUT2D eigenvalue weighted by atomic mass is 10.1. The Morgan fingerprint density at radius 3 is 2.56 bits per heavy atom. The number of nitrogens with two attached hydrogens (primary N) is 1. The standard InChI is InChI=1S/C23H31N7O2/c24-20(31)7-10-25-22-19(15-1-2-15)14-27-23(29-22)28-16-3-6-21(26-13-16)32-18-8-11-30(12-9-18)17-4-5-17/h3,6,13-15,17-18H,1-2,4-5,7-12H2,(H2,24,31)(H2,25,27,28,29). The molecule has 9 nitrogen and oxygen atoms in total. The number of rotatable bonds is 10. The number of anilines is 3. The topological polar surface area (TPSA) is 118 Å². The second-order valence-corrected chi connectivity index (χ2v) is 9.01. The number of carbonyl (C=O) groups is 1. The van der Waals surface area contributed by atoms with E-state index in [1.54, 1.807) is 6.20 Å². The van der Waals surface area contributed by atoms with E-state index in [0.717, 1.165) is 61.9 Å². The van der Waals surface area contributed by atoms with E-state index in [1.165, 1.54) is 12.8 Å². The van der Waals surface area contributed by atoms with Crippen LogP contribution < -0.4 is 21.1 Å². The first kappa shape index (κ1) is 20.9. The molecule has 4 N–H and O–H groups in total. The molecule has 1 amide bonds. The molecule has 0 atom stereocenters. The van der Waals surface area contributed by atoms with Gasteiger partial charge in [-0.15, -0.1) is 0 Å². The zero-order valence-electron chi connectivity index (χ0n) is 18.3. The summed E-state index contributed by atoms with van der Waals surface area (Å²) in [4.78, 5) is 27.2. The predicted octanol–water partition coefficient (Wildman–Crippen LogP) is 2.79. The maximum atomic E-state index is 11.0. The van der Waals surface area contributed by atoms with Gasteiger partial charge in [-0.2, -0.15) is 4.98 Å². The smallest absolute Gasteiger partial charge is 0.229 e. The van der Waals surface area contributed by atoms with Gasteiger partial charge in [-0.25, -0.2) is 9.97 Å². The summed E-state index contributed by atoms with van der Waals surface area (Å²) in [6, 6.07) is 4.65. The summed E-state index contributed by atoms with van der Waals surface area (Å²) in [6.07, 6.45) is 11.2. The van der Waals surface area contributed by atoms with Gasteiger partial charge in [0.25, 0.3) is 0 Å². The minimum atomic E-state index is -0.334. The maximum Gasteiger partial charge on any atom is 0.229 e. The van der Waals surface area contributed by atoms with Crippen LogP contribution in [0, 0.1) is 0 Å². The van der Waals surface area contributed by atoms with Crippen LogP contribution in [0.3, 0.4) is 0 Å². The Labute approximate surface area is 188 Å². The summed E-state index contributed by atoms with van der Waals surface area (Å²) in [5.74, 6) is 2.06. The number of hydrogen-bond donors (Lipinski definition) is 3. The molecule has 0 bridgehead atoms. The molecule has 2 aliphatic carbocycles. The number of carbonyl (C=O) groups excluding carboxylic acids is 1. The highest BCUT2D eigenvalue weighted by Gasteiger charge is 2.32. The van der Waals surface area contributed by atoms with Crippen LogP contribution in [-0.4, -0.2) is 57.5 Å². The normalized spacial score (nSPS) is 19.5. The number of piperidine rings is 1. The quantitative estimate of drug-likeness (QED) is 0.519. The Kier molecular flexibility index (Phi) is 6.07. The summed E-state index contributed by atoms with van der Waals surface area (Å²) in [5, 5.41) is 6.44. The molecular weight excluding hydrogens is 406 g/mol. The van der Waals surface area contributed by atoms with Crippen LogP contribution in [0.5, 0.6) is 5.88 Å². The van der Waals surface area contributed by atoms with Crippen LogP contribution in [0.25, 0.3) is 0 Å². The molecular formula is C23H31N7O2. The van der Waals surface area contributed by atoms with Crippen molar-refractivity contribution in [3.63, 3.8) is 0 Å². The Morgan fingerprint density at radius 2 is 1.91 bits per heavy atom. The van der Waals surface area contributed by atoms with Crippen LogP contribution >= 0.6 is 0 Å². The molecule has 3 fully saturated rings. The fraction of sp³-hybridized carbons (Fsp3) is 0.565. The summed E-state index contributed by atoms with van der Waals surface area (Å²) < 4.78 is 6.10. The molecule has 0 aromatic carbocycles. The van der Waals surface area contributed by atoms with E-state index < -0.39 is 0 Å². The summed E-state index contributed by atoms with van der Waals surface area (Å²) >= 11 is 0. The average Bonchev–Trinajstić information content (AvgIpc) is 3.69. The third kappa shape index (κ3) is 5.45. The number of aromatic nitrogens is 3. The number of primary amides is 1. The highest BCUT2D eigenvalue weighted by Crippen LogP contribution is 2.42. The molecule has 0 spiro atoms. The van der Waals surface area contributed by atoms with Crippen molar-refractivity contribution < 1.29 is 9.53 Å². The molecule has 0 radical (unpaired) electrons. The van der Waals surface area contributed by atoms with Gasteiger partial charge in [-0.1, -0.05) is 0 Å². The van der Waals surface area contributed by atoms with Crippen LogP contribution in [0.4, 0.5) is 17.5 Å². The number of amides is 1. The van der Waals surface area contributed by atoms with E-state index in [4.69, 9.17) is 10.5 Å². The number of hydrogen-bond acceptors (Lipinski definition) is 8. The van der Waals surface area contributed by atoms with Crippen molar-refractivity contribution in [2.45, 2.75) is 63.0 Å². The highest BCUT2D eigenvalue weighted by atomic mass is 16.5.